The number of likely N-dealkylation sites (N-methyl/N-ethyl adjacent to an activating group) is 1. The van der Waals surface area contributed by atoms with Gasteiger partial charge in [0, 0.05) is 26.2 Å². The highest BCUT2D eigenvalue weighted by atomic mass is 16.5. The number of hydrogen-bond donors (Lipinski definition) is 1. The fourth-order valence-corrected chi connectivity index (χ4v) is 1.96. The molecule has 3 heteroatoms. The van der Waals surface area contributed by atoms with E-state index in [0.29, 0.717) is 6.10 Å². The molecule has 1 aliphatic rings. The van der Waals surface area contributed by atoms with Crippen molar-refractivity contribution in [3.05, 3.63) is 35.9 Å². The summed E-state index contributed by atoms with van der Waals surface area (Å²) in [5.74, 6) is 0. The Hall–Kier alpha value is -0.900. The normalized spacial score (nSPS) is 22.2. The van der Waals surface area contributed by atoms with Crippen LogP contribution in [0.2, 0.25) is 0 Å². The van der Waals surface area contributed by atoms with Gasteiger partial charge in [-0.05, 0) is 12.6 Å². The van der Waals surface area contributed by atoms with Gasteiger partial charge in [0.2, 0.25) is 0 Å². The predicted octanol–water partition coefficient (Wildman–Crippen LogP) is 1.11. The maximum atomic E-state index is 5.68. The molecule has 1 aromatic carbocycles. The van der Waals surface area contributed by atoms with E-state index in [1.165, 1.54) is 5.56 Å². The quantitative estimate of drug-likeness (QED) is 0.822. The van der Waals surface area contributed by atoms with Gasteiger partial charge in [0.15, 0.2) is 0 Å². The smallest absolute Gasteiger partial charge is 0.0826 e. The van der Waals surface area contributed by atoms with Crippen LogP contribution in [0.3, 0.4) is 0 Å². The minimum atomic E-state index is 0.336. The van der Waals surface area contributed by atoms with Gasteiger partial charge in [0.05, 0.1) is 12.7 Å². The summed E-state index contributed by atoms with van der Waals surface area (Å²) in [5.41, 5.74) is 1.33. The first-order chi connectivity index (χ1) is 7.84. The van der Waals surface area contributed by atoms with Gasteiger partial charge in [0.1, 0.15) is 0 Å². The largest absolute Gasteiger partial charge is 0.374 e. The molecule has 1 aromatic rings. The van der Waals surface area contributed by atoms with Crippen molar-refractivity contribution < 1.29 is 4.74 Å². The first-order valence-corrected chi connectivity index (χ1v) is 5.89. The summed E-state index contributed by atoms with van der Waals surface area (Å²) in [6, 6.07) is 10.5. The van der Waals surface area contributed by atoms with Crippen LogP contribution in [0.1, 0.15) is 5.56 Å². The Bertz CT molecular complexity index is 302. The number of ether oxygens (including phenoxy) is 1. The molecule has 1 aliphatic heterocycles. The van der Waals surface area contributed by atoms with Gasteiger partial charge in [-0.1, -0.05) is 30.3 Å². The highest BCUT2D eigenvalue weighted by Gasteiger charge is 2.16. The summed E-state index contributed by atoms with van der Waals surface area (Å²) in [7, 11) is 2.15. The van der Waals surface area contributed by atoms with Crippen molar-refractivity contribution >= 4 is 0 Å². The zero-order valence-electron chi connectivity index (χ0n) is 9.86. The number of morpholine rings is 1. The minimum Gasteiger partial charge on any atom is -0.374 e. The molecule has 1 unspecified atom stereocenters. The minimum absolute atomic E-state index is 0.336. The lowest BCUT2D eigenvalue weighted by Gasteiger charge is -2.30. The average Bonchev–Trinajstić information content (AvgIpc) is 2.30. The van der Waals surface area contributed by atoms with Crippen LogP contribution in [0.15, 0.2) is 30.3 Å². The summed E-state index contributed by atoms with van der Waals surface area (Å²) >= 11 is 0. The van der Waals surface area contributed by atoms with Crippen LogP contribution in [-0.4, -0.2) is 44.3 Å². The van der Waals surface area contributed by atoms with Crippen molar-refractivity contribution in [1.82, 2.24) is 10.2 Å². The highest BCUT2D eigenvalue weighted by Crippen LogP contribution is 2.02. The van der Waals surface area contributed by atoms with Crippen molar-refractivity contribution in [2.24, 2.45) is 0 Å². The highest BCUT2D eigenvalue weighted by molar-refractivity contribution is 5.14. The molecule has 0 aliphatic carbocycles. The molecular weight excluding hydrogens is 200 g/mol. The third-order valence-electron chi connectivity index (χ3n) is 2.89. The molecule has 1 heterocycles. The van der Waals surface area contributed by atoms with Gasteiger partial charge in [-0.25, -0.2) is 0 Å². The molecule has 0 radical (unpaired) electrons. The Kier molecular flexibility index (Phi) is 4.34. The van der Waals surface area contributed by atoms with Gasteiger partial charge in [-0.15, -0.1) is 0 Å². The third kappa shape index (κ3) is 3.59. The molecule has 3 nitrogen and oxygen atoms in total. The van der Waals surface area contributed by atoms with E-state index in [0.717, 1.165) is 32.8 Å². The van der Waals surface area contributed by atoms with Crippen LogP contribution in [0.25, 0.3) is 0 Å². The second-order valence-corrected chi connectivity index (χ2v) is 4.37. The maximum absolute atomic E-state index is 5.68. The summed E-state index contributed by atoms with van der Waals surface area (Å²) in [6.45, 7) is 4.79. The first kappa shape index (κ1) is 11.6. The molecule has 0 saturated carbocycles. The van der Waals surface area contributed by atoms with Gasteiger partial charge >= 0.3 is 0 Å². The van der Waals surface area contributed by atoms with Gasteiger partial charge < -0.3 is 15.0 Å². The number of nitrogens with one attached hydrogen (secondary N) is 1. The number of hydrogen-bond acceptors (Lipinski definition) is 3. The van der Waals surface area contributed by atoms with E-state index in [-0.39, 0.29) is 0 Å². The second kappa shape index (κ2) is 5.99. The third-order valence-corrected chi connectivity index (χ3v) is 2.89. The SMILES string of the molecule is CN1CCOC(CNCc2ccccc2)C1. The van der Waals surface area contributed by atoms with E-state index >= 15 is 0 Å². The summed E-state index contributed by atoms with van der Waals surface area (Å²) in [5, 5.41) is 3.44. The lowest BCUT2D eigenvalue weighted by atomic mass is 10.2. The lowest BCUT2D eigenvalue weighted by molar-refractivity contribution is -0.0182. The lowest BCUT2D eigenvalue weighted by Crippen LogP contribution is -2.44. The molecule has 0 amide bonds. The molecule has 1 N–H and O–H groups in total. The molecule has 1 atom stereocenters. The fourth-order valence-electron chi connectivity index (χ4n) is 1.96. The standard InChI is InChI=1S/C13H20N2O/c1-15-7-8-16-13(11-15)10-14-9-12-5-3-2-4-6-12/h2-6,13-14H,7-11H2,1H3. The number of benzene rings is 1. The summed E-state index contributed by atoms with van der Waals surface area (Å²) in [6.07, 6.45) is 0.336. The Labute approximate surface area is 97.4 Å². The van der Waals surface area contributed by atoms with E-state index < -0.39 is 0 Å². The Morgan fingerprint density at radius 1 is 1.38 bits per heavy atom. The molecule has 0 aromatic heterocycles. The van der Waals surface area contributed by atoms with Crippen LogP contribution in [0.4, 0.5) is 0 Å². The van der Waals surface area contributed by atoms with Crippen LogP contribution in [-0.2, 0) is 11.3 Å². The summed E-state index contributed by atoms with van der Waals surface area (Å²) < 4.78 is 5.68. The van der Waals surface area contributed by atoms with E-state index in [1.54, 1.807) is 0 Å². The van der Waals surface area contributed by atoms with Crippen LogP contribution >= 0.6 is 0 Å². The number of rotatable bonds is 4. The molecule has 2 rings (SSSR count). The molecule has 1 fully saturated rings. The van der Waals surface area contributed by atoms with Crippen LogP contribution < -0.4 is 5.32 Å². The molecule has 0 spiro atoms. The predicted molar refractivity (Wildman–Crippen MR) is 65.4 cm³/mol. The van der Waals surface area contributed by atoms with Crippen LogP contribution in [0.5, 0.6) is 0 Å². The van der Waals surface area contributed by atoms with Gasteiger partial charge in [-0.3, -0.25) is 0 Å². The summed E-state index contributed by atoms with van der Waals surface area (Å²) in [4.78, 5) is 2.32. The monoisotopic (exact) mass is 220 g/mol. The van der Waals surface area contributed by atoms with Crippen molar-refractivity contribution in [1.29, 1.82) is 0 Å². The topological polar surface area (TPSA) is 24.5 Å². The Balaban J connectivity index is 1.68. The zero-order valence-corrected chi connectivity index (χ0v) is 9.86. The van der Waals surface area contributed by atoms with E-state index in [9.17, 15) is 0 Å². The molecule has 1 saturated heterocycles. The maximum Gasteiger partial charge on any atom is 0.0826 e. The molecule has 88 valence electrons. The van der Waals surface area contributed by atoms with E-state index in [2.05, 4.69) is 41.5 Å². The Morgan fingerprint density at radius 2 is 2.19 bits per heavy atom. The van der Waals surface area contributed by atoms with Gasteiger partial charge in [-0.2, -0.15) is 0 Å². The molecular formula is C13H20N2O. The molecule has 0 bridgehead atoms. The van der Waals surface area contributed by atoms with Gasteiger partial charge in [0.25, 0.3) is 0 Å². The Morgan fingerprint density at radius 3 is 2.94 bits per heavy atom. The van der Waals surface area contributed by atoms with Crippen LogP contribution in [0, 0.1) is 0 Å². The number of nitrogens with zero attached hydrogens (tertiary/aromatic N) is 1. The van der Waals surface area contributed by atoms with E-state index in [1.807, 2.05) is 6.07 Å². The molecule has 16 heavy (non-hydrogen) atoms. The second-order valence-electron chi connectivity index (χ2n) is 4.37. The van der Waals surface area contributed by atoms with Crippen molar-refractivity contribution in [2.45, 2.75) is 12.6 Å². The average molecular weight is 220 g/mol. The van der Waals surface area contributed by atoms with Crippen molar-refractivity contribution in [3.63, 3.8) is 0 Å². The zero-order chi connectivity index (χ0) is 11.2. The van der Waals surface area contributed by atoms with Crippen molar-refractivity contribution in [3.8, 4) is 0 Å². The van der Waals surface area contributed by atoms with Crippen molar-refractivity contribution in [2.75, 3.05) is 33.3 Å². The first-order valence-electron chi connectivity index (χ1n) is 5.89. The fraction of sp³-hybridized carbons (Fsp3) is 0.538. The van der Waals surface area contributed by atoms with E-state index in [4.69, 9.17) is 4.74 Å².